The Labute approximate surface area is 159 Å². The van der Waals surface area contributed by atoms with Crippen LogP contribution in [0.2, 0.25) is 0 Å². The molecule has 2 heterocycles. The average molecular weight is 416 g/mol. The lowest BCUT2D eigenvalue weighted by Crippen LogP contribution is -2.64. The van der Waals surface area contributed by atoms with Gasteiger partial charge in [0, 0.05) is 0 Å². The van der Waals surface area contributed by atoms with Crippen molar-refractivity contribution < 1.29 is 64.9 Å². The average Bonchev–Trinajstić information content (AvgIpc) is 2.96. The van der Waals surface area contributed by atoms with Gasteiger partial charge in [0.1, 0.15) is 55.4 Å². The predicted octanol–water partition coefficient (Wildman–Crippen LogP) is -6.02. The molecule has 9 atom stereocenters. The highest BCUT2D eigenvalue weighted by atomic mass is 16.8. The number of hydrogen-bond donors (Lipinski definition) is 9. The fourth-order valence-electron chi connectivity index (χ4n) is 3.14. The quantitative estimate of drug-likeness (QED) is 0.171. The lowest BCUT2D eigenvalue weighted by Gasteiger charge is -2.45. The van der Waals surface area contributed by atoms with E-state index in [2.05, 4.69) is 0 Å². The predicted molar refractivity (Wildman–Crippen MR) is 85.5 cm³/mol. The van der Waals surface area contributed by atoms with Gasteiger partial charge in [-0.1, -0.05) is 0 Å². The van der Waals surface area contributed by atoms with Crippen LogP contribution in [-0.2, 0) is 18.9 Å². The molecule has 2 aliphatic rings. The van der Waals surface area contributed by atoms with Crippen LogP contribution in [0, 0.1) is 0 Å². The van der Waals surface area contributed by atoms with E-state index in [9.17, 15) is 35.7 Å². The van der Waals surface area contributed by atoms with Crippen LogP contribution in [0.15, 0.2) is 0 Å². The maximum Gasteiger partial charge on any atom is 0.222 e. The van der Waals surface area contributed by atoms with E-state index < -0.39 is 93.9 Å². The Morgan fingerprint density at radius 2 is 1.43 bits per heavy atom. The molecule has 166 valence electrons. The van der Waals surface area contributed by atoms with E-state index in [0.717, 1.165) is 0 Å². The normalized spacial score (nSPS) is 44.4. The zero-order valence-corrected chi connectivity index (χ0v) is 14.9. The second-order valence-electron chi connectivity index (χ2n) is 6.66. The SMILES string of the molecule is OCC(CO)O[C@@H]1OC(CO)[C@H](O[C@@]2(CO)O[C@H](CO)[C@H](O)C2O)[C@H](O)C1O. The molecule has 2 fully saturated rings. The van der Waals surface area contributed by atoms with Gasteiger partial charge in [-0.05, 0) is 0 Å². The standard InChI is InChI=1S/C15H28O13/c16-1-6(2-17)25-14-11(23)10(22)12(8(4-19)26-14)28-15(5-20)13(24)9(21)7(3-18)27-15/h6-14,16-24H,1-5H2/t7-,8?,9+,10-,11?,12+,13?,14-,15-/m1/s1. The topological polar surface area (TPSA) is 219 Å². The molecular weight excluding hydrogens is 388 g/mol. The van der Waals surface area contributed by atoms with Crippen LogP contribution in [-0.4, -0.2) is 140 Å². The van der Waals surface area contributed by atoms with Gasteiger partial charge in [-0.15, -0.1) is 0 Å². The van der Waals surface area contributed by atoms with Crippen molar-refractivity contribution in [1.29, 1.82) is 0 Å². The fraction of sp³-hybridized carbons (Fsp3) is 1.00. The Bertz CT molecular complexity index is 475. The van der Waals surface area contributed by atoms with E-state index in [-0.39, 0.29) is 0 Å². The van der Waals surface area contributed by atoms with Gasteiger partial charge in [-0.2, -0.15) is 0 Å². The molecule has 0 spiro atoms. The minimum atomic E-state index is -2.26. The summed E-state index contributed by atoms with van der Waals surface area (Å²) in [6, 6.07) is 0. The molecule has 28 heavy (non-hydrogen) atoms. The van der Waals surface area contributed by atoms with E-state index in [0.29, 0.717) is 0 Å². The van der Waals surface area contributed by atoms with Gasteiger partial charge in [-0.25, -0.2) is 0 Å². The van der Waals surface area contributed by atoms with Crippen molar-refractivity contribution in [2.24, 2.45) is 0 Å². The van der Waals surface area contributed by atoms with Gasteiger partial charge in [0.15, 0.2) is 6.29 Å². The number of aliphatic hydroxyl groups excluding tert-OH is 9. The molecule has 3 unspecified atom stereocenters. The minimum absolute atomic E-state index is 0.600. The maximum absolute atomic E-state index is 10.4. The van der Waals surface area contributed by atoms with Gasteiger partial charge in [0.25, 0.3) is 0 Å². The molecule has 13 heteroatoms. The summed E-state index contributed by atoms with van der Waals surface area (Å²) >= 11 is 0. The first kappa shape index (κ1) is 23.8. The van der Waals surface area contributed by atoms with E-state index >= 15 is 0 Å². The molecular formula is C15H28O13. The van der Waals surface area contributed by atoms with Crippen LogP contribution >= 0.6 is 0 Å². The van der Waals surface area contributed by atoms with Crippen LogP contribution in [0.5, 0.6) is 0 Å². The third-order valence-corrected chi connectivity index (χ3v) is 4.80. The zero-order chi connectivity index (χ0) is 21.1. The second kappa shape index (κ2) is 9.99. The Hall–Kier alpha value is -0.520. The molecule has 2 saturated heterocycles. The Morgan fingerprint density at radius 1 is 0.821 bits per heavy atom. The van der Waals surface area contributed by atoms with Crippen LogP contribution in [0.1, 0.15) is 0 Å². The summed E-state index contributed by atoms with van der Waals surface area (Å²) in [4.78, 5) is 0. The minimum Gasteiger partial charge on any atom is -0.394 e. The van der Waals surface area contributed by atoms with E-state index in [1.807, 2.05) is 0 Å². The lowest BCUT2D eigenvalue weighted by atomic mass is 9.97. The van der Waals surface area contributed by atoms with Gasteiger partial charge in [-0.3, -0.25) is 0 Å². The molecule has 0 saturated carbocycles. The van der Waals surface area contributed by atoms with Crippen molar-refractivity contribution in [1.82, 2.24) is 0 Å². The highest BCUT2D eigenvalue weighted by molar-refractivity contribution is 5.00. The van der Waals surface area contributed by atoms with E-state index in [1.165, 1.54) is 0 Å². The molecule has 0 aromatic heterocycles. The highest BCUT2D eigenvalue weighted by Crippen LogP contribution is 2.36. The van der Waals surface area contributed by atoms with Crippen molar-refractivity contribution >= 4 is 0 Å². The molecule has 2 aliphatic heterocycles. The van der Waals surface area contributed by atoms with Gasteiger partial charge in [0.05, 0.1) is 26.4 Å². The highest BCUT2D eigenvalue weighted by Gasteiger charge is 2.58. The van der Waals surface area contributed by atoms with Crippen molar-refractivity contribution in [3.8, 4) is 0 Å². The van der Waals surface area contributed by atoms with Gasteiger partial charge in [0.2, 0.25) is 5.79 Å². The van der Waals surface area contributed by atoms with Crippen molar-refractivity contribution in [2.45, 2.75) is 60.9 Å². The molecule has 13 nitrogen and oxygen atoms in total. The van der Waals surface area contributed by atoms with Crippen LogP contribution < -0.4 is 0 Å². The van der Waals surface area contributed by atoms with Gasteiger partial charge < -0.3 is 64.9 Å². The summed E-state index contributed by atoms with van der Waals surface area (Å²) in [5.74, 6) is -2.26. The Balaban J connectivity index is 2.18. The smallest absolute Gasteiger partial charge is 0.222 e. The third kappa shape index (κ3) is 4.46. The molecule has 2 rings (SSSR count). The van der Waals surface area contributed by atoms with Crippen molar-refractivity contribution in [2.75, 3.05) is 33.0 Å². The molecule has 0 aliphatic carbocycles. The maximum atomic E-state index is 10.4. The third-order valence-electron chi connectivity index (χ3n) is 4.80. The Morgan fingerprint density at radius 3 is 1.89 bits per heavy atom. The number of rotatable bonds is 9. The second-order valence-corrected chi connectivity index (χ2v) is 6.66. The molecule has 0 amide bonds. The van der Waals surface area contributed by atoms with Gasteiger partial charge >= 0.3 is 0 Å². The molecule has 0 aromatic carbocycles. The first-order valence-electron chi connectivity index (χ1n) is 8.71. The first-order chi connectivity index (χ1) is 13.3. The van der Waals surface area contributed by atoms with E-state index in [1.54, 1.807) is 0 Å². The monoisotopic (exact) mass is 416 g/mol. The summed E-state index contributed by atoms with van der Waals surface area (Å²) in [7, 11) is 0. The number of ether oxygens (including phenoxy) is 4. The largest absolute Gasteiger partial charge is 0.394 e. The molecule has 0 aromatic rings. The number of aliphatic hydroxyl groups is 9. The fourth-order valence-corrected chi connectivity index (χ4v) is 3.14. The zero-order valence-electron chi connectivity index (χ0n) is 14.9. The molecule has 9 N–H and O–H groups in total. The molecule has 0 bridgehead atoms. The molecule has 0 radical (unpaired) electrons. The van der Waals surface area contributed by atoms with Crippen LogP contribution in [0.25, 0.3) is 0 Å². The summed E-state index contributed by atoms with van der Waals surface area (Å²) in [5, 5.41) is 87.3. The number of hydrogen-bond acceptors (Lipinski definition) is 13. The summed E-state index contributed by atoms with van der Waals surface area (Å²) in [6.45, 7) is -3.64. The Kier molecular flexibility index (Phi) is 8.48. The van der Waals surface area contributed by atoms with Crippen molar-refractivity contribution in [3.05, 3.63) is 0 Å². The van der Waals surface area contributed by atoms with E-state index in [4.69, 9.17) is 29.2 Å². The van der Waals surface area contributed by atoms with Crippen LogP contribution in [0.3, 0.4) is 0 Å². The summed E-state index contributed by atoms with van der Waals surface area (Å²) in [5.41, 5.74) is 0. The first-order valence-corrected chi connectivity index (χ1v) is 8.71. The summed E-state index contributed by atoms with van der Waals surface area (Å²) < 4.78 is 21.1. The summed E-state index contributed by atoms with van der Waals surface area (Å²) in [6.07, 6.45) is -13.8. The lowest BCUT2D eigenvalue weighted by molar-refractivity contribution is -0.367. The van der Waals surface area contributed by atoms with Crippen LogP contribution in [0.4, 0.5) is 0 Å². The van der Waals surface area contributed by atoms with Crippen molar-refractivity contribution in [3.63, 3.8) is 0 Å².